The van der Waals surface area contributed by atoms with Gasteiger partial charge in [0.2, 0.25) is 5.91 Å². The van der Waals surface area contributed by atoms with Crippen molar-refractivity contribution in [2.45, 2.75) is 38.0 Å². The molecule has 1 saturated heterocycles. The lowest BCUT2D eigenvalue weighted by Gasteiger charge is -2.47. The van der Waals surface area contributed by atoms with Gasteiger partial charge in [0.25, 0.3) is 0 Å². The Labute approximate surface area is 103 Å². The second-order valence-corrected chi connectivity index (χ2v) is 4.84. The molecule has 0 aromatic rings. The van der Waals surface area contributed by atoms with Crippen molar-refractivity contribution in [1.82, 2.24) is 15.5 Å². The summed E-state index contributed by atoms with van der Waals surface area (Å²) in [6.45, 7) is 5.37. The Bertz CT molecular complexity index is 266. The number of hydrogen-bond acceptors (Lipinski definition) is 4. The maximum Gasteiger partial charge on any atom is 0.238 e. The second-order valence-electron chi connectivity index (χ2n) is 4.84. The van der Waals surface area contributed by atoms with Crippen molar-refractivity contribution in [3.63, 3.8) is 0 Å². The Balaban J connectivity index is 1.91. The monoisotopic (exact) mass is 241 g/mol. The summed E-state index contributed by atoms with van der Waals surface area (Å²) >= 11 is 0. The number of ether oxygens (including phenoxy) is 1. The second kappa shape index (κ2) is 5.80. The molecule has 5 heteroatoms. The van der Waals surface area contributed by atoms with Gasteiger partial charge in [-0.1, -0.05) is 0 Å². The molecule has 1 amide bonds. The van der Waals surface area contributed by atoms with Gasteiger partial charge < -0.3 is 15.4 Å². The molecule has 98 valence electrons. The van der Waals surface area contributed by atoms with Crippen LogP contribution >= 0.6 is 0 Å². The van der Waals surface area contributed by atoms with E-state index in [1.165, 1.54) is 0 Å². The van der Waals surface area contributed by atoms with Crippen molar-refractivity contribution >= 4 is 5.91 Å². The topological polar surface area (TPSA) is 53.6 Å². The zero-order chi connectivity index (χ0) is 12.3. The number of carbonyl (C=O) groups excluding carboxylic acids is 1. The molecule has 1 atom stereocenters. The summed E-state index contributed by atoms with van der Waals surface area (Å²) in [5.41, 5.74) is 0. The number of nitrogens with one attached hydrogen (secondary N) is 2. The van der Waals surface area contributed by atoms with Crippen LogP contribution in [0, 0.1) is 0 Å². The van der Waals surface area contributed by atoms with Crippen molar-refractivity contribution in [3.8, 4) is 0 Å². The average molecular weight is 241 g/mol. The minimum Gasteiger partial charge on any atom is -0.381 e. The van der Waals surface area contributed by atoms with E-state index in [2.05, 4.69) is 15.5 Å². The van der Waals surface area contributed by atoms with Crippen molar-refractivity contribution in [2.75, 3.05) is 33.3 Å². The number of hydrogen-bond donors (Lipinski definition) is 2. The number of methoxy groups -OCH3 is 1. The van der Waals surface area contributed by atoms with E-state index in [4.69, 9.17) is 4.74 Å². The molecule has 0 aromatic carbocycles. The number of piperazine rings is 1. The largest absolute Gasteiger partial charge is 0.381 e. The average Bonchev–Trinajstić information content (AvgIpc) is 2.28. The standard InChI is InChI=1S/C12H23N3O2/c1-3-14-12(16)11-8-13-4-5-15(11)9-6-10(7-9)17-2/h9-11,13H,3-8H2,1-2H3,(H,14,16). The molecule has 2 aliphatic rings. The quantitative estimate of drug-likeness (QED) is 0.701. The third-order valence-corrected chi connectivity index (χ3v) is 3.81. The maximum absolute atomic E-state index is 12.0. The highest BCUT2D eigenvalue weighted by atomic mass is 16.5. The van der Waals surface area contributed by atoms with Crippen molar-refractivity contribution in [1.29, 1.82) is 0 Å². The molecule has 0 radical (unpaired) electrons. The van der Waals surface area contributed by atoms with E-state index < -0.39 is 0 Å². The van der Waals surface area contributed by atoms with E-state index >= 15 is 0 Å². The zero-order valence-electron chi connectivity index (χ0n) is 10.7. The molecule has 0 spiro atoms. The summed E-state index contributed by atoms with van der Waals surface area (Å²) in [6.07, 6.45) is 2.52. The molecule has 0 bridgehead atoms. The van der Waals surface area contributed by atoms with Gasteiger partial charge in [-0.05, 0) is 19.8 Å². The predicted molar refractivity (Wildman–Crippen MR) is 65.9 cm³/mol. The Morgan fingerprint density at radius 2 is 2.29 bits per heavy atom. The van der Waals surface area contributed by atoms with Crippen molar-refractivity contribution < 1.29 is 9.53 Å². The molecular weight excluding hydrogens is 218 g/mol. The van der Waals surface area contributed by atoms with E-state index in [1.54, 1.807) is 7.11 Å². The normalized spacial score (nSPS) is 34.1. The number of rotatable bonds is 4. The van der Waals surface area contributed by atoms with Crippen LogP contribution in [0.3, 0.4) is 0 Å². The smallest absolute Gasteiger partial charge is 0.238 e. The molecule has 2 N–H and O–H groups in total. The lowest BCUT2D eigenvalue weighted by atomic mass is 9.86. The lowest BCUT2D eigenvalue weighted by molar-refractivity contribution is -0.131. The summed E-state index contributed by atoms with van der Waals surface area (Å²) in [7, 11) is 1.76. The maximum atomic E-state index is 12.0. The first-order valence-electron chi connectivity index (χ1n) is 6.53. The van der Waals surface area contributed by atoms with Crippen LogP contribution < -0.4 is 10.6 Å². The Morgan fingerprint density at radius 1 is 1.53 bits per heavy atom. The van der Waals surface area contributed by atoms with E-state index in [9.17, 15) is 4.79 Å². The van der Waals surface area contributed by atoms with Gasteiger partial charge in [0.1, 0.15) is 6.04 Å². The van der Waals surface area contributed by atoms with Crippen LogP contribution in [-0.2, 0) is 9.53 Å². The van der Waals surface area contributed by atoms with Gasteiger partial charge in [-0.3, -0.25) is 9.69 Å². The van der Waals surface area contributed by atoms with E-state index in [0.717, 1.165) is 32.5 Å². The molecule has 1 heterocycles. The summed E-state index contributed by atoms with van der Waals surface area (Å²) in [5.74, 6) is 0.153. The molecule has 1 unspecified atom stereocenters. The third kappa shape index (κ3) is 2.78. The minimum atomic E-state index is -0.00786. The Hall–Kier alpha value is -0.650. The van der Waals surface area contributed by atoms with Crippen LogP contribution in [0.4, 0.5) is 0 Å². The first-order chi connectivity index (χ1) is 8.26. The van der Waals surface area contributed by atoms with Crippen LogP contribution in [-0.4, -0.2) is 62.3 Å². The summed E-state index contributed by atoms with van der Waals surface area (Å²) < 4.78 is 5.31. The van der Waals surface area contributed by atoms with Gasteiger partial charge in [0.05, 0.1) is 6.10 Å². The fraction of sp³-hybridized carbons (Fsp3) is 0.917. The van der Waals surface area contributed by atoms with Crippen LogP contribution in [0.5, 0.6) is 0 Å². The molecule has 17 heavy (non-hydrogen) atoms. The predicted octanol–water partition coefficient (Wildman–Crippen LogP) is -0.426. The van der Waals surface area contributed by atoms with Gasteiger partial charge in [0, 0.05) is 39.3 Å². The first-order valence-corrected chi connectivity index (χ1v) is 6.53. The summed E-state index contributed by atoms with van der Waals surface area (Å²) in [6, 6.07) is 0.515. The number of nitrogens with zero attached hydrogens (tertiary/aromatic N) is 1. The van der Waals surface area contributed by atoms with Gasteiger partial charge in [-0.2, -0.15) is 0 Å². The summed E-state index contributed by atoms with van der Waals surface area (Å²) in [5, 5.41) is 6.22. The molecule has 5 nitrogen and oxygen atoms in total. The molecule has 2 rings (SSSR count). The van der Waals surface area contributed by atoms with Gasteiger partial charge in [-0.15, -0.1) is 0 Å². The van der Waals surface area contributed by atoms with Crippen molar-refractivity contribution in [2.24, 2.45) is 0 Å². The molecule has 2 fully saturated rings. The molecule has 1 aliphatic heterocycles. The zero-order valence-corrected chi connectivity index (χ0v) is 10.7. The van der Waals surface area contributed by atoms with Gasteiger partial charge in [-0.25, -0.2) is 0 Å². The Kier molecular flexibility index (Phi) is 4.36. The van der Waals surface area contributed by atoms with Gasteiger partial charge >= 0.3 is 0 Å². The van der Waals surface area contributed by atoms with Crippen LogP contribution in [0.15, 0.2) is 0 Å². The van der Waals surface area contributed by atoms with Crippen molar-refractivity contribution in [3.05, 3.63) is 0 Å². The molecule has 0 aromatic heterocycles. The van der Waals surface area contributed by atoms with Crippen LogP contribution in [0.1, 0.15) is 19.8 Å². The van der Waals surface area contributed by atoms with Crippen LogP contribution in [0.2, 0.25) is 0 Å². The number of carbonyl (C=O) groups is 1. The fourth-order valence-corrected chi connectivity index (χ4v) is 2.69. The third-order valence-electron chi connectivity index (χ3n) is 3.81. The molecule has 1 aliphatic carbocycles. The first kappa shape index (κ1) is 12.8. The summed E-state index contributed by atoms with van der Waals surface area (Å²) in [4.78, 5) is 14.3. The highest BCUT2D eigenvalue weighted by molar-refractivity contribution is 5.82. The highest BCUT2D eigenvalue weighted by Crippen LogP contribution is 2.29. The molecular formula is C12H23N3O2. The highest BCUT2D eigenvalue weighted by Gasteiger charge is 2.40. The molecule has 1 saturated carbocycles. The lowest BCUT2D eigenvalue weighted by Crippen LogP contribution is -2.63. The fourth-order valence-electron chi connectivity index (χ4n) is 2.69. The Morgan fingerprint density at radius 3 is 2.94 bits per heavy atom. The minimum absolute atomic E-state index is 0.00786. The van der Waals surface area contributed by atoms with Crippen LogP contribution in [0.25, 0.3) is 0 Å². The SMILES string of the molecule is CCNC(=O)C1CNCCN1C1CC(OC)C1. The number of likely N-dealkylation sites (N-methyl/N-ethyl adjacent to an activating group) is 1. The van der Waals surface area contributed by atoms with E-state index in [0.29, 0.717) is 18.7 Å². The van der Waals surface area contributed by atoms with E-state index in [1.807, 2.05) is 6.92 Å². The van der Waals surface area contributed by atoms with E-state index in [-0.39, 0.29) is 11.9 Å². The number of amides is 1. The van der Waals surface area contributed by atoms with Gasteiger partial charge in [0.15, 0.2) is 0 Å².